The van der Waals surface area contributed by atoms with Crippen molar-refractivity contribution < 1.29 is 26.2 Å². The molecular formula is C25H43NSSi2Zr+2. The molecule has 2 saturated carbocycles. The molecule has 1 aromatic carbocycles. The maximum absolute atomic E-state index is 5.28. The SMILES string of the molecule is C1CCCC1.C1CCCC1.C[Si](C)(C)[C-]=C(C=Nc1ccccc1[S-])[Si](C)(C)C.[Zr+4]. The van der Waals surface area contributed by atoms with E-state index in [1.807, 2.05) is 30.5 Å². The second-order valence-electron chi connectivity index (χ2n) is 10.3. The van der Waals surface area contributed by atoms with Crippen LogP contribution in [0.1, 0.15) is 64.2 Å². The fourth-order valence-electron chi connectivity index (χ4n) is 3.28. The van der Waals surface area contributed by atoms with Gasteiger partial charge in [-0.2, -0.15) is 4.90 Å². The molecule has 0 spiro atoms. The Kier molecular flexibility index (Phi) is 16.0. The van der Waals surface area contributed by atoms with Crippen LogP contribution in [0.4, 0.5) is 5.69 Å². The van der Waals surface area contributed by atoms with Crippen LogP contribution in [0.3, 0.4) is 0 Å². The van der Waals surface area contributed by atoms with Crippen molar-refractivity contribution in [3.05, 3.63) is 35.2 Å². The van der Waals surface area contributed by atoms with Crippen LogP contribution in [0, 0.1) is 5.70 Å². The van der Waals surface area contributed by atoms with Gasteiger partial charge >= 0.3 is 26.2 Å². The molecule has 0 atom stereocenters. The number of hydrogen-bond donors (Lipinski definition) is 0. The van der Waals surface area contributed by atoms with Gasteiger partial charge in [-0.05, 0) is 14.1 Å². The summed E-state index contributed by atoms with van der Waals surface area (Å²) >= 11 is 5.28. The number of aliphatic imine (C=N–C) groups is 1. The van der Waals surface area contributed by atoms with Crippen molar-refractivity contribution in [1.82, 2.24) is 0 Å². The zero-order valence-electron chi connectivity index (χ0n) is 20.3. The minimum absolute atomic E-state index is 0. The summed E-state index contributed by atoms with van der Waals surface area (Å²) in [6, 6.07) is 7.81. The Bertz CT molecular complexity index is 612. The molecule has 0 aromatic heterocycles. The Morgan fingerprint density at radius 2 is 1.20 bits per heavy atom. The molecule has 2 aliphatic rings. The minimum atomic E-state index is -1.41. The monoisotopic (exact) mass is 535 g/mol. The van der Waals surface area contributed by atoms with E-state index in [-0.39, 0.29) is 26.2 Å². The molecule has 164 valence electrons. The molecule has 2 aliphatic carbocycles. The van der Waals surface area contributed by atoms with Crippen LogP contribution in [0.5, 0.6) is 0 Å². The first-order valence-electron chi connectivity index (χ1n) is 11.6. The van der Waals surface area contributed by atoms with E-state index in [9.17, 15) is 0 Å². The normalized spacial score (nSPS) is 16.9. The fourth-order valence-corrected chi connectivity index (χ4v) is 7.43. The van der Waals surface area contributed by atoms with Gasteiger partial charge in [0, 0.05) is 13.8 Å². The predicted octanol–water partition coefficient (Wildman–Crippen LogP) is 8.68. The maximum Gasteiger partial charge on any atom is 4.00 e. The van der Waals surface area contributed by atoms with Crippen molar-refractivity contribution in [3.63, 3.8) is 0 Å². The molecular weight excluding hydrogens is 494 g/mol. The molecule has 2 fully saturated rings. The van der Waals surface area contributed by atoms with Crippen molar-refractivity contribution in [2.45, 2.75) is 108 Å². The van der Waals surface area contributed by atoms with Gasteiger partial charge in [0.15, 0.2) is 0 Å². The van der Waals surface area contributed by atoms with Gasteiger partial charge in [0.1, 0.15) is 0 Å². The Hall–Kier alpha value is 0.167. The van der Waals surface area contributed by atoms with Crippen LogP contribution in [0.2, 0.25) is 39.3 Å². The van der Waals surface area contributed by atoms with Gasteiger partial charge < -0.3 is 17.6 Å². The first kappa shape index (κ1) is 30.2. The number of rotatable bonds is 4. The van der Waals surface area contributed by atoms with Crippen LogP contribution in [-0.2, 0) is 38.8 Å². The van der Waals surface area contributed by atoms with Gasteiger partial charge in [-0.25, -0.2) is 5.20 Å². The maximum atomic E-state index is 5.28. The van der Waals surface area contributed by atoms with E-state index in [1.54, 1.807) is 0 Å². The Labute approximate surface area is 214 Å². The van der Waals surface area contributed by atoms with Crippen LogP contribution in [0.25, 0.3) is 0 Å². The van der Waals surface area contributed by atoms with Crippen molar-refractivity contribution in [2.75, 3.05) is 0 Å². The molecule has 1 nitrogen and oxygen atoms in total. The summed E-state index contributed by atoms with van der Waals surface area (Å²) in [5, 5.41) is 1.31. The molecule has 5 heteroatoms. The summed E-state index contributed by atoms with van der Waals surface area (Å²) in [7, 11) is -2.76. The average Bonchev–Trinajstić information content (AvgIpc) is 3.36. The molecule has 0 bridgehead atoms. The molecule has 30 heavy (non-hydrogen) atoms. The van der Waals surface area contributed by atoms with Crippen molar-refractivity contribution in [3.8, 4) is 0 Å². The van der Waals surface area contributed by atoms with Gasteiger partial charge in [0.25, 0.3) is 0 Å². The van der Waals surface area contributed by atoms with Gasteiger partial charge in [0.2, 0.25) is 0 Å². The second-order valence-corrected chi connectivity index (χ2v) is 20.5. The van der Waals surface area contributed by atoms with E-state index in [1.165, 1.54) is 69.4 Å². The van der Waals surface area contributed by atoms with Gasteiger partial charge in [-0.15, -0.1) is 6.21 Å². The molecule has 0 saturated heterocycles. The third kappa shape index (κ3) is 15.0. The first-order valence-corrected chi connectivity index (χ1v) is 19.0. The predicted molar refractivity (Wildman–Crippen MR) is 140 cm³/mol. The number of para-hydroxylation sites is 1. The summed E-state index contributed by atoms with van der Waals surface area (Å²) in [4.78, 5) is 5.39. The summed E-state index contributed by atoms with van der Waals surface area (Å²) in [5.41, 5.74) is 4.60. The van der Waals surface area contributed by atoms with Crippen molar-refractivity contribution in [2.24, 2.45) is 4.99 Å². The quantitative estimate of drug-likeness (QED) is 0.162. The number of allylic oxidation sites excluding steroid dienone is 1. The number of hydrogen-bond acceptors (Lipinski definition) is 2. The van der Waals surface area contributed by atoms with Crippen LogP contribution < -0.4 is 0 Å². The first-order chi connectivity index (χ1) is 13.6. The molecule has 0 unspecified atom stereocenters. The molecule has 0 amide bonds. The Balaban J connectivity index is 0.000000617. The van der Waals surface area contributed by atoms with Crippen LogP contribution >= 0.6 is 0 Å². The zero-order valence-corrected chi connectivity index (χ0v) is 25.6. The largest absolute Gasteiger partial charge is 4.00 e. The summed E-state index contributed by atoms with van der Waals surface area (Å²) < 4.78 is 0. The Morgan fingerprint density at radius 1 is 0.800 bits per heavy atom. The molecule has 3 rings (SSSR count). The second kappa shape index (κ2) is 15.9. The van der Waals surface area contributed by atoms with Gasteiger partial charge in [-0.1, -0.05) is 122 Å². The standard InChI is InChI=1S/C15H24NSSi2.2C5H10.Zr/c1-18(2,3)12-13(19(4,5)6)11-16-14-9-7-8-10-15(14)17;2*1-2-4-5-3-1;/h7-11,17H,1-6H3;2*1-5H2;/q-1;;;+4/p-1. The summed E-state index contributed by atoms with van der Waals surface area (Å²) in [6.07, 6.45) is 17.0. The average molecular weight is 537 g/mol. The Morgan fingerprint density at radius 3 is 1.53 bits per heavy atom. The van der Waals surface area contributed by atoms with Gasteiger partial charge in [-0.3, -0.25) is 5.70 Å². The van der Waals surface area contributed by atoms with E-state index in [2.05, 4.69) is 50.0 Å². The fraction of sp³-hybridized carbons (Fsp3) is 0.640. The third-order valence-corrected chi connectivity index (χ3v) is 8.50. The molecule has 0 N–H and O–H groups in total. The number of benzene rings is 1. The third-order valence-electron chi connectivity index (χ3n) is 5.02. The van der Waals surface area contributed by atoms with Crippen molar-refractivity contribution in [1.29, 1.82) is 0 Å². The summed E-state index contributed by atoms with van der Waals surface area (Å²) in [6.45, 7) is 13.9. The number of nitrogens with zero attached hydrogens (tertiary/aromatic N) is 1. The summed E-state index contributed by atoms with van der Waals surface area (Å²) in [5.74, 6) is 0. The van der Waals surface area contributed by atoms with Crippen LogP contribution in [0.15, 0.2) is 39.3 Å². The molecule has 0 aliphatic heterocycles. The van der Waals surface area contributed by atoms with E-state index in [4.69, 9.17) is 12.6 Å². The van der Waals surface area contributed by atoms with Crippen LogP contribution in [-0.4, -0.2) is 22.4 Å². The smallest absolute Gasteiger partial charge is 0.778 e. The topological polar surface area (TPSA) is 12.4 Å². The molecule has 0 radical (unpaired) electrons. The van der Waals surface area contributed by atoms with Crippen molar-refractivity contribution >= 4 is 40.7 Å². The van der Waals surface area contributed by atoms with E-state index >= 15 is 0 Å². The van der Waals surface area contributed by atoms with E-state index in [0.29, 0.717) is 0 Å². The minimum Gasteiger partial charge on any atom is -0.778 e. The zero-order chi connectivity index (χ0) is 21.8. The molecule has 1 aromatic rings. The van der Waals surface area contributed by atoms with Gasteiger partial charge in [0.05, 0.1) is 0 Å². The van der Waals surface area contributed by atoms with E-state index in [0.717, 1.165) is 10.6 Å². The van der Waals surface area contributed by atoms with E-state index < -0.39 is 16.1 Å². The molecule has 0 heterocycles.